The van der Waals surface area contributed by atoms with Gasteiger partial charge in [-0.2, -0.15) is 0 Å². The predicted molar refractivity (Wildman–Crippen MR) is 134 cm³/mol. The molecule has 0 radical (unpaired) electrons. The van der Waals surface area contributed by atoms with Gasteiger partial charge in [0.1, 0.15) is 5.78 Å². The third kappa shape index (κ3) is 3.43. The highest BCUT2D eigenvalue weighted by Gasteiger charge is 2.63. The first-order valence-electron chi connectivity index (χ1n) is 13.1. The maximum absolute atomic E-state index is 12.8. The smallest absolute Gasteiger partial charge is 0.306 e. The quantitative estimate of drug-likeness (QED) is 0.439. The zero-order valence-corrected chi connectivity index (χ0v) is 21.9. The molecule has 6 atom stereocenters. The summed E-state index contributed by atoms with van der Waals surface area (Å²) in [5.74, 6) is 0.0398. The number of hydrogen-bond acceptors (Lipinski definition) is 2. The predicted octanol–water partition coefficient (Wildman–Crippen LogP) is 7.53. The summed E-state index contributed by atoms with van der Waals surface area (Å²) in [6.45, 7) is 15.7. The lowest BCUT2D eigenvalue weighted by Gasteiger charge is -2.59. The molecule has 4 aliphatic carbocycles. The molecule has 0 spiro atoms. The summed E-state index contributed by atoms with van der Waals surface area (Å²) in [6.07, 6.45) is 14.3. The fraction of sp³-hybridized carbons (Fsp3) is 0.733. The Morgan fingerprint density at radius 2 is 1.82 bits per heavy atom. The third-order valence-corrected chi connectivity index (χ3v) is 10.9. The zero-order chi connectivity index (χ0) is 24.4. The van der Waals surface area contributed by atoms with Crippen LogP contribution in [-0.2, 0) is 9.59 Å². The van der Waals surface area contributed by atoms with Crippen molar-refractivity contribution < 1.29 is 14.7 Å². The molecule has 0 aromatic heterocycles. The minimum absolute atomic E-state index is 0.00550. The van der Waals surface area contributed by atoms with Gasteiger partial charge < -0.3 is 5.11 Å². The van der Waals surface area contributed by atoms with Crippen LogP contribution in [0.1, 0.15) is 99.8 Å². The van der Waals surface area contributed by atoms with Crippen LogP contribution in [0.15, 0.2) is 34.9 Å². The van der Waals surface area contributed by atoms with Gasteiger partial charge in [-0.1, -0.05) is 58.4 Å². The van der Waals surface area contributed by atoms with Gasteiger partial charge in [-0.05, 0) is 98.0 Å². The van der Waals surface area contributed by atoms with E-state index in [9.17, 15) is 14.7 Å². The van der Waals surface area contributed by atoms with Crippen molar-refractivity contribution in [2.24, 2.45) is 39.4 Å². The van der Waals surface area contributed by atoms with Crippen LogP contribution in [0.2, 0.25) is 0 Å². The normalized spacial score (nSPS) is 40.0. The molecule has 0 aliphatic heterocycles. The lowest BCUT2D eigenvalue weighted by atomic mass is 9.44. The van der Waals surface area contributed by atoms with Crippen LogP contribution in [0.3, 0.4) is 0 Å². The number of carbonyl (C=O) groups is 2. The molecular weight excluding hydrogens is 408 g/mol. The SMILES string of the molecule is CC(C)=CCCC(C(=O)O)C1CCC2(C)C3=CCC4C(C)(C)C(=O)CCC4(C)C3=CCC12C. The molecule has 33 heavy (non-hydrogen) atoms. The van der Waals surface area contributed by atoms with E-state index in [1.807, 2.05) is 0 Å². The molecule has 0 bridgehead atoms. The largest absolute Gasteiger partial charge is 0.481 e. The van der Waals surface area contributed by atoms with E-state index >= 15 is 0 Å². The number of carbonyl (C=O) groups excluding carboxylic acids is 1. The molecular formula is C30H44O3. The van der Waals surface area contributed by atoms with Crippen LogP contribution in [-0.4, -0.2) is 16.9 Å². The Balaban J connectivity index is 1.71. The fourth-order valence-corrected chi connectivity index (χ4v) is 8.54. The highest BCUT2D eigenvalue weighted by atomic mass is 16.4. The molecule has 2 fully saturated rings. The van der Waals surface area contributed by atoms with Gasteiger partial charge in [-0.25, -0.2) is 0 Å². The van der Waals surface area contributed by atoms with Crippen molar-refractivity contribution in [1.82, 2.24) is 0 Å². The maximum Gasteiger partial charge on any atom is 0.306 e. The van der Waals surface area contributed by atoms with Crippen LogP contribution >= 0.6 is 0 Å². The first-order valence-corrected chi connectivity index (χ1v) is 13.1. The van der Waals surface area contributed by atoms with E-state index in [2.05, 4.69) is 66.7 Å². The van der Waals surface area contributed by atoms with Gasteiger partial charge in [0.15, 0.2) is 0 Å². The number of ketones is 1. The number of Topliss-reactive ketones (excluding diaryl/α,β-unsaturated/α-hetero) is 1. The summed E-state index contributed by atoms with van der Waals surface area (Å²) in [5, 5.41) is 10.2. The minimum Gasteiger partial charge on any atom is -0.481 e. The molecule has 3 nitrogen and oxygen atoms in total. The van der Waals surface area contributed by atoms with E-state index in [0.29, 0.717) is 18.1 Å². The lowest BCUT2D eigenvalue weighted by Crippen LogP contribution is -2.53. The highest BCUT2D eigenvalue weighted by Crippen LogP contribution is 2.71. The van der Waals surface area contributed by atoms with E-state index in [-0.39, 0.29) is 33.5 Å². The Hall–Kier alpha value is -1.64. The molecule has 6 unspecified atom stereocenters. The van der Waals surface area contributed by atoms with Crippen LogP contribution in [0.5, 0.6) is 0 Å². The van der Waals surface area contributed by atoms with Crippen molar-refractivity contribution >= 4 is 11.8 Å². The number of allylic oxidation sites excluding steroid dienone is 6. The van der Waals surface area contributed by atoms with E-state index in [4.69, 9.17) is 0 Å². The highest BCUT2D eigenvalue weighted by molar-refractivity contribution is 5.86. The molecule has 0 aromatic carbocycles. The second-order valence-corrected chi connectivity index (χ2v) is 13.0. The molecule has 0 heterocycles. The van der Waals surface area contributed by atoms with E-state index in [0.717, 1.165) is 44.9 Å². The van der Waals surface area contributed by atoms with Gasteiger partial charge in [-0.15, -0.1) is 0 Å². The summed E-state index contributed by atoms with van der Waals surface area (Å²) >= 11 is 0. The molecule has 0 amide bonds. The molecule has 4 aliphatic rings. The molecule has 4 rings (SSSR count). The maximum atomic E-state index is 12.8. The van der Waals surface area contributed by atoms with Gasteiger partial charge >= 0.3 is 5.97 Å². The van der Waals surface area contributed by atoms with E-state index in [1.54, 1.807) is 0 Å². The van der Waals surface area contributed by atoms with Gasteiger partial charge in [0.25, 0.3) is 0 Å². The second kappa shape index (κ2) is 7.95. The van der Waals surface area contributed by atoms with Gasteiger partial charge in [-0.3, -0.25) is 9.59 Å². The van der Waals surface area contributed by atoms with Crippen LogP contribution in [0.4, 0.5) is 0 Å². The molecule has 0 saturated heterocycles. The van der Waals surface area contributed by atoms with Crippen LogP contribution < -0.4 is 0 Å². The van der Waals surface area contributed by atoms with Gasteiger partial charge in [0, 0.05) is 11.8 Å². The average Bonchev–Trinajstić information content (AvgIpc) is 3.00. The van der Waals surface area contributed by atoms with Crippen molar-refractivity contribution in [2.75, 3.05) is 0 Å². The Morgan fingerprint density at radius 1 is 1.12 bits per heavy atom. The van der Waals surface area contributed by atoms with Crippen molar-refractivity contribution in [1.29, 1.82) is 0 Å². The van der Waals surface area contributed by atoms with Gasteiger partial charge in [0.2, 0.25) is 0 Å². The number of fused-ring (bicyclic) bond motifs is 5. The summed E-state index contributed by atoms with van der Waals surface area (Å²) in [7, 11) is 0. The Morgan fingerprint density at radius 3 is 2.45 bits per heavy atom. The molecule has 3 heteroatoms. The summed E-state index contributed by atoms with van der Waals surface area (Å²) in [5.41, 5.74) is 3.95. The lowest BCUT2D eigenvalue weighted by molar-refractivity contribution is -0.146. The number of rotatable bonds is 5. The number of carboxylic acids is 1. The second-order valence-electron chi connectivity index (χ2n) is 13.0. The third-order valence-electron chi connectivity index (χ3n) is 10.9. The van der Waals surface area contributed by atoms with E-state index < -0.39 is 5.97 Å². The minimum atomic E-state index is -0.625. The van der Waals surface area contributed by atoms with Crippen LogP contribution in [0, 0.1) is 39.4 Å². The topological polar surface area (TPSA) is 54.4 Å². The molecule has 2 saturated carbocycles. The number of hydrogen-bond donors (Lipinski definition) is 1. The fourth-order valence-electron chi connectivity index (χ4n) is 8.54. The number of aliphatic carboxylic acids is 1. The molecule has 1 N–H and O–H groups in total. The molecule has 182 valence electrons. The number of carboxylic acid groups (broad SMARTS) is 1. The zero-order valence-electron chi connectivity index (χ0n) is 21.9. The van der Waals surface area contributed by atoms with Crippen molar-refractivity contribution in [3.8, 4) is 0 Å². The average molecular weight is 453 g/mol. The Bertz CT molecular complexity index is 946. The summed E-state index contributed by atoms with van der Waals surface area (Å²) in [6, 6.07) is 0. The first kappa shape index (κ1) is 24.5. The Kier molecular flexibility index (Phi) is 5.90. The van der Waals surface area contributed by atoms with Crippen molar-refractivity contribution in [2.45, 2.75) is 99.8 Å². The first-order chi connectivity index (χ1) is 15.3. The summed E-state index contributed by atoms with van der Waals surface area (Å²) < 4.78 is 0. The van der Waals surface area contributed by atoms with Crippen LogP contribution in [0.25, 0.3) is 0 Å². The van der Waals surface area contributed by atoms with Crippen molar-refractivity contribution in [3.05, 3.63) is 34.9 Å². The van der Waals surface area contributed by atoms with Crippen molar-refractivity contribution in [3.63, 3.8) is 0 Å². The standard InChI is InChI=1S/C30H44O3/c1-19(2)9-8-10-20(26(32)33)21-13-17-30(7)23-11-12-24-27(3,4)25(31)15-16-28(24,5)22(23)14-18-29(21,30)6/h9,11,14,20-21,24H,8,10,12-13,15-18H2,1-7H3,(H,32,33). The monoisotopic (exact) mass is 452 g/mol. The Labute approximate surface area is 200 Å². The van der Waals surface area contributed by atoms with Gasteiger partial charge in [0.05, 0.1) is 5.92 Å². The van der Waals surface area contributed by atoms with E-state index in [1.165, 1.54) is 16.7 Å². The molecule has 0 aromatic rings. The summed E-state index contributed by atoms with van der Waals surface area (Å²) in [4.78, 5) is 25.2.